The number of amides is 1. The molecule has 8 nitrogen and oxygen atoms in total. The van der Waals surface area contributed by atoms with Gasteiger partial charge in [0.15, 0.2) is 0 Å². The summed E-state index contributed by atoms with van der Waals surface area (Å²) in [6.45, 7) is 4.59. The summed E-state index contributed by atoms with van der Waals surface area (Å²) in [5, 5.41) is 3.16. The second-order valence-electron chi connectivity index (χ2n) is 7.72. The summed E-state index contributed by atoms with van der Waals surface area (Å²) in [4.78, 5) is 30.9. The van der Waals surface area contributed by atoms with E-state index >= 15 is 0 Å². The molecule has 1 aromatic carbocycles. The third-order valence-electron chi connectivity index (χ3n) is 4.98. The van der Waals surface area contributed by atoms with Gasteiger partial charge in [0, 0.05) is 18.0 Å². The number of benzene rings is 1. The first-order valence-corrected chi connectivity index (χ1v) is 9.98. The Morgan fingerprint density at radius 1 is 1.23 bits per heavy atom. The SMILES string of the molecule is COc1cccc(NC(=O)c2cc3c(=O)n4ccccc4nc3[n+](CC(C)C)c2N)c1. The Morgan fingerprint density at radius 3 is 2.77 bits per heavy atom. The first kappa shape index (κ1) is 20.3. The molecule has 0 unspecified atom stereocenters. The molecule has 0 saturated carbocycles. The fourth-order valence-electron chi connectivity index (χ4n) is 3.53. The second-order valence-corrected chi connectivity index (χ2v) is 7.72. The average molecular weight is 418 g/mol. The number of nitrogens with two attached hydrogens (primary N) is 1. The van der Waals surface area contributed by atoms with E-state index in [2.05, 4.69) is 10.3 Å². The van der Waals surface area contributed by atoms with Crippen molar-refractivity contribution in [2.45, 2.75) is 20.4 Å². The molecule has 0 aliphatic rings. The maximum absolute atomic E-state index is 13.2. The largest absolute Gasteiger partial charge is 0.497 e. The molecule has 158 valence electrons. The number of ether oxygens (including phenoxy) is 1. The highest BCUT2D eigenvalue weighted by Crippen LogP contribution is 2.20. The number of anilines is 2. The van der Waals surface area contributed by atoms with Gasteiger partial charge in [-0.15, -0.1) is 0 Å². The molecule has 0 bridgehead atoms. The zero-order valence-electron chi connectivity index (χ0n) is 17.6. The number of methoxy groups -OCH3 is 1. The van der Waals surface area contributed by atoms with Crippen LogP contribution in [0, 0.1) is 5.92 Å². The van der Waals surface area contributed by atoms with Crippen LogP contribution in [0.5, 0.6) is 5.75 Å². The molecule has 0 saturated heterocycles. The van der Waals surface area contributed by atoms with Crippen molar-refractivity contribution in [3.63, 3.8) is 0 Å². The summed E-state index contributed by atoms with van der Waals surface area (Å²) in [5.41, 5.74) is 7.93. The predicted molar refractivity (Wildman–Crippen MR) is 119 cm³/mol. The van der Waals surface area contributed by atoms with Crippen molar-refractivity contribution in [1.29, 1.82) is 0 Å². The van der Waals surface area contributed by atoms with Gasteiger partial charge in [-0.1, -0.05) is 31.0 Å². The van der Waals surface area contributed by atoms with Crippen molar-refractivity contribution in [2.24, 2.45) is 5.92 Å². The average Bonchev–Trinajstić information content (AvgIpc) is 2.76. The molecule has 0 radical (unpaired) electrons. The Labute approximate surface area is 178 Å². The van der Waals surface area contributed by atoms with Gasteiger partial charge in [-0.05, 0) is 36.2 Å². The lowest BCUT2D eigenvalue weighted by atomic mass is 10.1. The van der Waals surface area contributed by atoms with E-state index in [-0.39, 0.29) is 22.9 Å². The number of aromatic nitrogens is 3. The van der Waals surface area contributed by atoms with Crippen LogP contribution in [0.1, 0.15) is 24.2 Å². The van der Waals surface area contributed by atoms with Crippen molar-refractivity contribution in [3.8, 4) is 5.75 Å². The van der Waals surface area contributed by atoms with E-state index in [0.29, 0.717) is 34.7 Å². The van der Waals surface area contributed by atoms with Gasteiger partial charge in [-0.3, -0.25) is 14.0 Å². The fourth-order valence-corrected chi connectivity index (χ4v) is 3.53. The number of nitrogens with one attached hydrogen (secondary N) is 1. The van der Waals surface area contributed by atoms with E-state index in [1.165, 1.54) is 10.5 Å². The molecule has 0 spiro atoms. The third-order valence-corrected chi connectivity index (χ3v) is 4.98. The summed E-state index contributed by atoms with van der Waals surface area (Å²) < 4.78 is 8.42. The summed E-state index contributed by atoms with van der Waals surface area (Å²) >= 11 is 0. The van der Waals surface area contributed by atoms with Gasteiger partial charge >= 0.3 is 0 Å². The van der Waals surface area contributed by atoms with Crippen LogP contribution in [-0.2, 0) is 6.54 Å². The molecule has 1 amide bonds. The van der Waals surface area contributed by atoms with Gasteiger partial charge in [0.1, 0.15) is 16.7 Å². The topological polar surface area (TPSA) is 103 Å². The Bertz CT molecular complexity index is 1360. The number of fused-ring (bicyclic) bond motifs is 2. The van der Waals surface area contributed by atoms with E-state index in [9.17, 15) is 9.59 Å². The molecule has 3 N–H and O–H groups in total. The van der Waals surface area contributed by atoms with Crippen molar-refractivity contribution in [1.82, 2.24) is 9.38 Å². The minimum atomic E-state index is -0.414. The van der Waals surface area contributed by atoms with Crippen LogP contribution in [0.2, 0.25) is 0 Å². The zero-order chi connectivity index (χ0) is 22.1. The highest BCUT2D eigenvalue weighted by atomic mass is 16.5. The maximum Gasteiger partial charge on any atom is 0.278 e. The third kappa shape index (κ3) is 3.79. The van der Waals surface area contributed by atoms with E-state index in [1.807, 2.05) is 19.9 Å². The molecular weight excluding hydrogens is 394 g/mol. The minimum absolute atomic E-state index is 0.214. The van der Waals surface area contributed by atoms with Gasteiger partial charge in [-0.25, -0.2) is 4.57 Å². The monoisotopic (exact) mass is 418 g/mol. The van der Waals surface area contributed by atoms with Crippen LogP contribution in [-0.4, -0.2) is 22.4 Å². The molecule has 31 heavy (non-hydrogen) atoms. The minimum Gasteiger partial charge on any atom is -0.497 e. The molecule has 0 aliphatic carbocycles. The molecule has 3 aromatic heterocycles. The van der Waals surface area contributed by atoms with Gasteiger partial charge in [0.05, 0.1) is 13.7 Å². The zero-order valence-corrected chi connectivity index (χ0v) is 17.6. The van der Waals surface area contributed by atoms with Crippen molar-refractivity contribution < 1.29 is 14.1 Å². The van der Waals surface area contributed by atoms with Gasteiger partial charge < -0.3 is 15.8 Å². The molecule has 3 heterocycles. The molecule has 0 fully saturated rings. The van der Waals surface area contributed by atoms with E-state index in [0.717, 1.165) is 0 Å². The van der Waals surface area contributed by atoms with Crippen LogP contribution in [0.3, 0.4) is 0 Å². The second kappa shape index (κ2) is 8.06. The Balaban J connectivity index is 1.91. The van der Waals surface area contributed by atoms with Crippen molar-refractivity contribution >= 4 is 34.1 Å². The number of hydrogen-bond acceptors (Lipinski definition) is 5. The number of pyridine rings is 2. The smallest absolute Gasteiger partial charge is 0.278 e. The Kier molecular flexibility index (Phi) is 5.29. The van der Waals surface area contributed by atoms with Crippen LogP contribution in [0.25, 0.3) is 16.7 Å². The molecule has 4 rings (SSSR count). The molecular formula is C23H24N5O3+. The number of rotatable bonds is 5. The highest BCUT2D eigenvalue weighted by Gasteiger charge is 2.25. The lowest BCUT2D eigenvalue weighted by Gasteiger charge is -2.14. The van der Waals surface area contributed by atoms with E-state index < -0.39 is 5.91 Å². The van der Waals surface area contributed by atoms with E-state index in [1.54, 1.807) is 54.3 Å². The molecule has 4 aromatic rings. The predicted octanol–water partition coefficient (Wildman–Crippen LogP) is 2.63. The van der Waals surface area contributed by atoms with Gasteiger partial charge in [0.25, 0.3) is 17.1 Å². The van der Waals surface area contributed by atoms with Crippen LogP contribution < -0.4 is 25.9 Å². The van der Waals surface area contributed by atoms with Crippen molar-refractivity contribution in [2.75, 3.05) is 18.2 Å². The highest BCUT2D eigenvalue weighted by molar-refractivity contribution is 6.08. The van der Waals surface area contributed by atoms with Gasteiger partial charge in [0.2, 0.25) is 11.5 Å². The maximum atomic E-state index is 13.2. The number of hydrogen-bond donors (Lipinski definition) is 2. The number of nitrogens with zero attached hydrogens (tertiary/aromatic N) is 3. The van der Waals surface area contributed by atoms with Crippen LogP contribution in [0.4, 0.5) is 11.5 Å². The molecule has 8 heteroatoms. The van der Waals surface area contributed by atoms with E-state index in [4.69, 9.17) is 10.5 Å². The lowest BCUT2D eigenvalue weighted by Crippen LogP contribution is -2.44. The summed E-state index contributed by atoms with van der Waals surface area (Å²) in [6.07, 6.45) is 1.66. The number of carbonyl (C=O) groups excluding carboxylic acids is 1. The quantitative estimate of drug-likeness (QED) is 0.383. The fraction of sp³-hybridized carbons (Fsp3) is 0.217. The standard InChI is InChI=1S/C23H23N5O3/c1-14(2)13-28-20(24)17(22(29)25-15-7-6-8-16(11-15)31-3)12-18-21(28)26-19-9-4-5-10-27(19)23(18)30/h4-12,14,24H,13H2,1-3H3,(H,25,29)/p+1. The first-order chi connectivity index (χ1) is 14.9. The Hall–Kier alpha value is -3.94. The normalized spacial score (nSPS) is 11.2. The Morgan fingerprint density at radius 2 is 2.03 bits per heavy atom. The number of nitrogen functional groups attached to an aromatic ring is 1. The lowest BCUT2D eigenvalue weighted by molar-refractivity contribution is -0.664. The van der Waals surface area contributed by atoms with Crippen LogP contribution in [0.15, 0.2) is 59.5 Å². The van der Waals surface area contributed by atoms with Crippen molar-refractivity contribution in [3.05, 3.63) is 70.6 Å². The summed E-state index contributed by atoms with van der Waals surface area (Å²) in [6, 6.07) is 13.9. The van der Waals surface area contributed by atoms with Gasteiger partial charge in [-0.2, -0.15) is 0 Å². The van der Waals surface area contributed by atoms with Crippen LogP contribution >= 0.6 is 0 Å². The summed E-state index contributed by atoms with van der Waals surface area (Å²) in [7, 11) is 1.56. The molecule has 0 aliphatic heterocycles. The molecule has 0 atom stereocenters. The first-order valence-electron chi connectivity index (χ1n) is 9.98. The summed E-state index contributed by atoms with van der Waals surface area (Å²) in [5.74, 6) is 0.688. The number of carbonyl (C=O) groups is 1.